The Morgan fingerprint density at radius 1 is 0.963 bits per heavy atom. The fraction of sp³-hybridized carbons (Fsp3) is 0.130. The molecule has 0 saturated heterocycles. The average molecular weight is 354 g/mol. The Labute approximate surface area is 157 Å². The summed E-state index contributed by atoms with van der Waals surface area (Å²) in [6.45, 7) is 2.17. The van der Waals surface area contributed by atoms with Crippen LogP contribution in [0.4, 0.5) is 0 Å². The minimum atomic E-state index is 0.908. The largest absolute Gasteiger partial charge is 0.456 e. The minimum Gasteiger partial charge on any atom is -0.456 e. The second kappa shape index (κ2) is 5.81. The molecule has 5 aromatic rings. The van der Waals surface area contributed by atoms with Crippen LogP contribution < -0.4 is 4.57 Å². The smallest absolute Gasteiger partial charge is 0.224 e. The topological polar surface area (TPSA) is 34.8 Å². The van der Waals surface area contributed by atoms with Gasteiger partial charge in [-0.15, -0.1) is 0 Å². The van der Waals surface area contributed by atoms with Crippen molar-refractivity contribution in [3.05, 3.63) is 72.7 Å². The van der Waals surface area contributed by atoms with Gasteiger partial charge in [0.05, 0.1) is 5.56 Å². The first kappa shape index (κ1) is 15.8. The fourth-order valence-electron chi connectivity index (χ4n) is 3.94. The number of aromatic nitrogens is 3. The van der Waals surface area contributed by atoms with E-state index in [0.717, 1.165) is 39.0 Å². The van der Waals surface area contributed by atoms with Crippen molar-refractivity contribution in [2.75, 3.05) is 0 Å². The van der Waals surface area contributed by atoms with E-state index >= 15 is 0 Å². The molecule has 2 aromatic carbocycles. The van der Waals surface area contributed by atoms with Crippen molar-refractivity contribution in [2.45, 2.75) is 6.92 Å². The van der Waals surface area contributed by atoms with Crippen molar-refractivity contribution >= 4 is 21.9 Å². The van der Waals surface area contributed by atoms with Gasteiger partial charge in [-0.2, -0.15) is 0 Å². The van der Waals surface area contributed by atoms with E-state index < -0.39 is 0 Å². The molecule has 0 amide bonds. The van der Waals surface area contributed by atoms with Crippen molar-refractivity contribution < 1.29 is 8.98 Å². The van der Waals surface area contributed by atoms with Gasteiger partial charge in [0.2, 0.25) is 5.69 Å². The number of nitrogens with zero attached hydrogens (tertiary/aromatic N) is 3. The van der Waals surface area contributed by atoms with E-state index in [2.05, 4.69) is 64.6 Å². The van der Waals surface area contributed by atoms with Gasteiger partial charge in [0.1, 0.15) is 29.4 Å². The number of aryl methyl sites for hydroxylation is 2. The van der Waals surface area contributed by atoms with Crippen LogP contribution in [0.2, 0.25) is 0 Å². The molecule has 0 fully saturated rings. The van der Waals surface area contributed by atoms with E-state index in [1.807, 2.05) is 37.6 Å². The number of benzene rings is 2. The van der Waals surface area contributed by atoms with Gasteiger partial charge in [-0.3, -0.25) is 0 Å². The first-order valence-electron chi connectivity index (χ1n) is 9.02. The predicted molar refractivity (Wildman–Crippen MR) is 107 cm³/mol. The number of rotatable bonds is 2. The number of furan rings is 1. The van der Waals surface area contributed by atoms with Gasteiger partial charge in [-0.05, 0) is 24.6 Å². The van der Waals surface area contributed by atoms with Crippen LogP contribution in [0, 0.1) is 6.92 Å². The molecule has 0 bridgehead atoms. The number of para-hydroxylation sites is 1. The molecule has 0 radical (unpaired) electrons. The van der Waals surface area contributed by atoms with E-state index in [0.29, 0.717) is 0 Å². The first-order chi connectivity index (χ1) is 13.1. The van der Waals surface area contributed by atoms with Crippen LogP contribution in [0.5, 0.6) is 0 Å². The normalized spacial score (nSPS) is 11.5. The summed E-state index contributed by atoms with van der Waals surface area (Å²) in [5, 5.41) is 2.29. The zero-order valence-electron chi connectivity index (χ0n) is 15.6. The van der Waals surface area contributed by atoms with Crippen LogP contribution in [-0.2, 0) is 14.1 Å². The molecule has 0 aliphatic carbocycles. The van der Waals surface area contributed by atoms with Crippen molar-refractivity contribution in [1.82, 2.24) is 9.55 Å². The zero-order valence-corrected chi connectivity index (χ0v) is 15.6. The number of hydrogen-bond acceptors (Lipinski definition) is 2. The third kappa shape index (κ3) is 2.30. The molecule has 27 heavy (non-hydrogen) atoms. The van der Waals surface area contributed by atoms with Gasteiger partial charge >= 0.3 is 0 Å². The van der Waals surface area contributed by atoms with Crippen molar-refractivity contribution in [1.29, 1.82) is 0 Å². The second-order valence-electron chi connectivity index (χ2n) is 6.95. The highest BCUT2D eigenvalue weighted by atomic mass is 16.3. The number of fused-ring (bicyclic) bond motifs is 3. The Hall–Kier alpha value is -3.40. The average Bonchev–Trinajstić information content (AvgIpc) is 3.26. The molecule has 3 aromatic heterocycles. The molecule has 4 heteroatoms. The molecular formula is C23H20N3O+. The molecular weight excluding hydrogens is 334 g/mol. The highest BCUT2D eigenvalue weighted by Crippen LogP contribution is 2.37. The molecule has 0 unspecified atom stereocenters. The quantitative estimate of drug-likeness (QED) is 0.427. The van der Waals surface area contributed by atoms with Crippen LogP contribution in [0.25, 0.3) is 44.6 Å². The van der Waals surface area contributed by atoms with Crippen LogP contribution in [0.1, 0.15) is 5.56 Å². The Morgan fingerprint density at radius 3 is 2.59 bits per heavy atom. The monoisotopic (exact) mass is 354 g/mol. The van der Waals surface area contributed by atoms with Gasteiger partial charge in [0.25, 0.3) is 0 Å². The molecule has 5 rings (SSSR count). The molecule has 0 atom stereocenters. The van der Waals surface area contributed by atoms with Crippen molar-refractivity contribution in [2.24, 2.45) is 14.1 Å². The van der Waals surface area contributed by atoms with E-state index in [1.54, 1.807) is 0 Å². The number of imidazole rings is 1. The maximum absolute atomic E-state index is 6.10. The lowest BCUT2D eigenvalue weighted by molar-refractivity contribution is -0.659. The molecule has 132 valence electrons. The van der Waals surface area contributed by atoms with E-state index in [-0.39, 0.29) is 0 Å². The fourth-order valence-corrected chi connectivity index (χ4v) is 3.94. The summed E-state index contributed by atoms with van der Waals surface area (Å²) in [4.78, 5) is 4.54. The van der Waals surface area contributed by atoms with Gasteiger partial charge < -0.3 is 8.98 Å². The molecule has 4 nitrogen and oxygen atoms in total. The Balaban J connectivity index is 1.87. The summed E-state index contributed by atoms with van der Waals surface area (Å²) in [6.07, 6.45) is 5.88. The summed E-state index contributed by atoms with van der Waals surface area (Å²) in [5.41, 5.74) is 6.52. The van der Waals surface area contributed by atoms with Crippen molar-refractivity contribution in [3.8, 4) is 22.6 Å². The van der Waals surface area contributed by atoms with Gasteiger partial charge in [-0.1, -0.05) is 30.3 Å². The standard InChI is InChI=1S/C23H20N3O/c1-15-16(8-6-9-17(15)23-24-12-14-26(23)3)22-21-18-7-4-5-10-19(18)27-20(21)11-13-25(22)2/h4-14H,1-3H3/q+1. The maximum atomic E-state index is 6.10. The van der Waals surface area contributed by atoms with Gasteiger partial charge in [0, 0.05) is 36.5 Å². The molecule has 0 spiro atoms. The third-order valence-electron chi connectivity index (χ3n) is 5.31. The lowest BCUT2D eigenvalue weighted by atomic mass is 9.96. The summed E-state index contributed by atoms with van der Waals surface area (Å²) >= 11 is 0. The van der Waals surface area contributed by atoms with E-state index in [4.69, 9.17) is 4.42 Å². The SMILES string of the molecule is Cc1c(-c2nccn2C)cccc1-c1c2c(cc[n+]1C)oc1ccccc12. The highest BCUT2D eigenvalue weighted by molar-refractivity contribution is 6.10. The van der Waals surface area contributed by atoms with Gasteiger partial charge in [0.15, 0.2) is 6.20 Å². The van der Waals surface area contributed by atoms with Crippen LogP contribution in [0.15, 0.2) is 71.5 Å². The Morgan fingerprint density at radius 2 is 1.78 bits per heavy atom. The predicted octanol–water partition coefficient (Wildman–Crippen LogP) is 4.79. The lowest BCUT2D eigenvalue weighted by Crippen LogP contribution is -2.30. The second-order valence-corrected chi connectivity index (χ2v) is 6.95. The van der Waals surface area contributed by atoms with E-state index in [1.165, 1.54) is 11.1 Å². The number of hydrogen-bond donors (Lipinski definition) is 0. The molecule has 3 heterocycles. The molecule has 0 saturated carbocycles. The lowest BCUT2D eigenvalue weighted by Gasteiger charge is -2.11. The summed E-state index contributed by atoms with van der Waals surface area (Å²) < 4.78 is 10.3. The summed E-state index contributed by atoms with van der Waals surface area (Å²) in [5.74, 6) is 0.973. The summed E-state index contributed by atoms with van der Waals surface area (Å²) in [7, 11) is 4.11. The van der Waals surface area contributed by atoms with Crippen LogP contribution in [-0.4, -0.2) is 9.55 Å². The van der Waals surface area contributed by atoms with Crippen LogP contribution >= 0.6 is 0 Å². The minimum absolute atomic E-state index is 0.908. The van der Waals surface area contributed by atoms with Crippen LogP contribution in [0.3, 0.4) is 0 Å². The number of pyridine rings is 1. The first-order valence-corrected chi connectivity index (χ1v) is 9.02. The van der Waals surface area contributed by atoms with E-state index in [9.17, 15) is 0 Å². The molecule has 0 aliphatic rings. The molecule has 0 aliphatic heterocycles. The highest BCUT2D eigenvalue weighted by Gasteiger charge is 2.23. The molecule has 0 N–H and O–H groups in total. The third-order valence-corrected chi connectivity index (χ3v) is 5.31. The van der Waals surface area contributed by atoms with Gasteiger partial charge in [-0.25, -0.2) is 9.55 Å². The zero-order chi connectivity index (χ0) is 18.5. The summed E-state index contributed by atoms with van der Waals surface area (Å²) in [6, 6.07) is 16.7. The Kier molecular flexibility index (Phi) is 3.41. The Bertz CT molecular complexity index is 1310. The maximum Gasteiger partial charge on any atom is 0.224 e. The van der Waals surface area contributed by atoms with Crippen molar-refractivity contribution in [3.63, 3.8) is 0 Å².